The Morgan fingerprint density at radius 2 is 2.07 bits per heavy atom. The number of anilines is 1. The van der Waals surface area contributed by atoms with E-state index in [-0.39, 0.29) is 0 Å². The molecule has 0 unspecified atom stereocenters. The number of hydrogen-bond donors (Lipinski definition) is 1. The first kappa shape index (κ1) is 8.62. The molecule has 4 nitrogen and oxygen atoms in total. The monoisotopic (exact) mass is 186 g/mol. The normalized spacial score (nSPS) is 9.71. The first-order chi connectivity index (χ1) is 6.95. The van der Waals surface area contributed by atoms with Gasteiger partial charge in [0.25, 0.3) is 0 Å². The van der Waals surface area contributed by atoms with Gasteiger partial charge in [-0.05, 0) is 23.8 Å². The van der Waals surface area contributed by atoms with Gasteiger partial charge >= 0.3 is 0 Å². The second kappa shape index (κ2) is 4.32. The predicted molar refractivity (Wildman–Crippen MR) is 53.6 cm³/mol. The van der Waals surface area contributed by atoms with Crippen molar-refractivity contribution in [2.45, 2.75) is 6.54 Å². The molecule has 2 rings (SSSR count). The predicted octanol–water partition coefficient (Wildman–Crippen LogP) is 1.48. The van der Waals surface area contributed by atoms with Crippen LogP contribution in [0.25, 0.3) is 0 Å². The molecule has 0 atom stereocenters. The lowest BCUT2D eigenvalue weighted by Gasteiger charge is -2.03. The van der Waals surface area contributed by atoms with Gasteiger partial charge in [0.1, 0.15) is 5.82 Å². The zero-order chi connectivity index (χ0) is 9.64. The summed E-state index contributed by atoms with van der Waals surface area (Å²) in [5.41, 5.74) is 1.12. The summed E-state index contributed by atoms with van der Waals surface area (Å²) in [5.74, 6) is 0.774. The molecule has 2 heterocycles. The second-order valence-electron chi connectivity index (χ2n) is 2.82. The summed E-state index contributed by atoms with van der Waals surface area (Å²) in [7, 11) is 0. The average Bonchev–Trinajstić information content (AvgIpc) is 2.29. The maximum absolute atomic E-state index is 4.02. The van der Waals surface area contributed by atoms with Crippen LogP contribution in [-0.4, -0.2) is 15.2 Å². The van der Waals surface area contributed by atoms with Crippen LogP contribution in [0.15, 0.2) is 42.9 Å². The second-order valence-corrected chi connectivity index (χ2v) is 2.82. The molecule has 1 N–H and O–H groups in total. The summed E-state index contributed by atoms with van der Waals surface area (Å²) >= 11 is 0. The van der Waals surface area contributed by atoms with Crippen molar-refractivity contribution < 1.29 is 0 Å². The molecule has 0 aliphatic rings. The van der Waals surface area contributed by atoms with Gasteiger partial charge in [-0.3, -0.25) is 4.98 Å². The van der Waals surface area contributed by atoms with Gasteiger partial charge in [0.05, 0.1) is 0 Å². The van der Waals surface area contributed by atoms with Crippen LogP contribution in [0.2, 0.25) is 0 Å². The standard InChI is InChI=1S/C10H10N4/c1-3-9(7-11-5-1)8-12-10-4-2-6-13-14-10/h1-7H,8H2,(H,12,14). The minimum absolute atomic E-state index is 0.715. The molecule has 0 radical (unpaired) electrons. The summed E-state index contributed by atoms with van der Waals surface area (Å²) in [6, 6.07) is 7.64. The van der Waals surface area contributed by atoms with Gasteiger partial charge in [0.15, 0.2) is 0 Å². The SMILES string of the molecule is c1cncc(CNc2cccnn2)c1. The van der Waals surface area contributed by atoms with Crippen molar-refractivity contribution in [3.8, 4) is 0 Å². The lowest BCUT2D eigenvalue weighted by atomic mass is 10.3. The molecule has 0 aliphatic carbocycles. The molecule has 0 amide bonds. The van der Waals surface area contributed by atoms with Crippen LogP contribution in [0.5, 0.6) is 0 Å². The van der Waals surface area contributed by atoms with E-state index in [1.165, 1.54) is 0 Å². The minimum Gasteiger partial charge on any atom is -0.364 e. The first-order valence-electron chi connectivity index (χ1n) is 4.35. The first-order valence-corrected chi connectivity index (χ1v) is 4.35. The van der Waals surface area contributed by atoms with Crippen molar-refractivity contribution in [2.75, 3.05) is 5.32 Å². The van der Waals surface area contributed by atoms with Crippen molar-refractivity contribution >= 4 is 5.82 Å². The zero-order valence-electron chi connectivity index (χ0n) is 7.59. The van der Waals surface area contributed by atoms with Crippen LogP contribution in [-0.2, 0) is 6.54 Å². The highest BCUT2D eigenvalue weighted by atomic mass is 15.2. The lowest BCUT2D eigenvalue weighted by Crippen LogP contribution is -2.01. The summed E-state index contributed by atoms with van der Waals surface area (Å²) in [4.78, 5) is 4.02. The largest absolute Gasteiger partial charge is 0.364 e. The van der Waals surface area contributed by atoms with Gasteiger partial charge in [-0.25, -0.2) is 0 Å². The number of pyridine rings is 1. The van der Waals surface area contributed by atoms with Gasteiger partial charge in [-0.1, -0.05) is 6.07 Å². The van der Waals surface area contributed by atoms with E-state index in [1.54, 1.807) is 12.4 Å². The molecular weight excluding hydrogens is 176 g/mol. The highest BCUT2D eigenvalue weighted by Crippen LogP contribution is 2.02. The summed E-state index contributed by atoms with van der Waals surface area (Å²) in [6.07, 6.45) is 5.23. The van der Waals surface area contributed by atoms with E-state index in [9.17, 15) is 0 Å². The van der Waals surface area contributed by atoms with Crippen LogP contribution in [0.3, 0.4) is 0 Å². The van der Waals surface area contributed by atoms with E-state index >= 15 is 0 Å². The van der Waals surface area contributed by atoms with Gasteiger partial charge < -0.3 is 5.32 Å². The third-order valence-electron chi connectivity index (χ3n) is 1.77. The van der Waals surface area contributed by atoms with E-state index in [0.29, 0.717) is 6.54 Å². The van der Waals surface area contributed by atoms with Crippen LogP contribution >= 0.6 is 0 Å². The highest BCUT2D eigenvalue weighted by molar-refractivity contribution is 5.32. The molecule has 0 bridgehead atoms. The average molecular weight is 186 g/mol. The molecule has 2 aromatic rings. The number of nitrogens with zero attached hydrogens (tertiary/aromatic N) is 3. The van der Waals surface area contributed by atoms with Crippen molar-refractivity contribution in [2.24, 2.45) is 0 Å². The minimum atomic E-state index is 0.715. The van der Waals surface area contributed by atoms with Gasteiger partial charge in [-0.2, -0.15) is 5.10 Å². The summed E-state index contributed by atoms with van der Waals surface area (Å²) in [5, 5.41) is 10.8. The fourth-order valence-electron chi connectivity index (χ4n) is 1.09. The van der Waals surface area contributed by atoms with Crippen LogP contribution in [0.4, 0.5) is 5.82 Å². The quantitative estimate of drug-likeness (QED) is 0.788. The molecule has 0 saturated heterocycles. The third-order valence-corrected chi connectivity index (χ3v) is 1.77. The van der Waals surface area contributed by atoms with E-state index in [0.717, 1.165) is 11.4 Å². The zero-order valence-corrected chi connectivity index (χ0v) is 7.59. The van der Waals surface area contributed by atoms with Gasteiger partial charge in [0, 0.05) is 25.1 Å². The Bertz CT molecular complexity index is 334. The molecule has 14 heavy (non-hydrogen) atoms. The molecule has 0 aliphatic heterocycles. The number of rotatable bonds is 3. The lowest BCUT2D eigenvalue weighted by molar-refractivity contribution is 0.996. The van der Waals surface area contributed by atoms with Crippen LogP contribution < -0.4 is 5.32 Å². The maximum Gasteiger partial charge on any atom is 0.148 e. The number of hydrogen-bond acceptors (Lipinski definition) is 4. The number of aromatic nitrogens is 3. The maximum atomic E-state index is 4.02. The van der Waals surface area contributed by atoms with Gasteiger partial charge in [0.2, 0.25) is 0 Å². The van der Waals surface area contributed by atoms with E-state index in [4.69, 9.17) is 0 Å². The molecule has 4 heteroatoms. The van der Waals surface area contributed by atoms with Gasteiger partial charge in [-0.15, -0.1) is 5.10 Å². The summed E-state index contributed by atoms with van der Waals surface area (Å²) < 4.78 is 0. The van der Waals surface area contributed by atoms with E-state index < -0.39 is 0 Å². The van der Waals surface area contributed by atoms with Crippen molar-refractivity contribution in [3.63, 3.8) is 0 Å². The van der Waals surface area contributed by atoms with Crippen LogP contribution in [0, 0.1) is 0 Å². The molecule has 0 saturated carbocycles. The Balaban J connectivity index is 1.96. The van der Waals surface area contributed by atoms with E-state index in [2.05, 4.69) is 20.5 Å². The Labute approximate surface area is 82.0 Å². The molecule has 70 valence electrons. The summed E-state index contributed by atoms with van der Waals surface area (Å²) in [6.45, 7) is 0.715. The molecule has 0 spiro atoms. The third kappa shape index (κ3) is 2.26. The molecule has 0 fully saturated rings. The topological polar surface area (TPSA) is 50.7 Å². The molecular formula is C10H10N4. The van der Waals surface area contributed by atoms with Crippen molar-refractivity contribution in [1.29, 1.82) is 0 Å². The van der Waals surface area contributed by atoms with E-state index in [1.807, 2.05) is 30.5 Å². The van der Waals surface area contributed by atoms with Crippen LogP contribution in [0.1, 0.15) is 5.56 Å². The fraction of sp³-hybridized carbons (Fsp3) is 0.100. The molecule has 2 aromatic heterocycles. The highest BCUT2D eigenvalue weighted by Gasteiger charge is 1.93. The Hall–Kier alpha value is -1.97. The van der Waals surface area contributed by atoms with Crippen molar-refractivity contribution in [1.82, 2.24) is 15.2 Å². The smallest absolute Gasteiger partial charge is 0.148 e. The Kier molecular flexibility index (Phi) is 2.66. The fourth-order valence-corrected chi connectivity index (χ4v) is 1.09. The number of nitrogens with one attached hydrogen (secondary N) is 1. The van der Waals surface area contributed by atoms with Crippen molar-refractivity contribution in [3.05, 3.63) is 48.4 Å². The Morgan fingerprint density at radius 1 is 1.14 bits per heavy atom. The Morgan fingerprint density at radius 3 is 2.79 bits per heavy atom. The molecule has 0 aromatic carbocycles.